The van der Waals surface area contributed by atoms with E-state index in [4.69, 9.17) is 0 Å². The molecule has 0 saturated heterocycles. The van der Waals surface area contributed by atoms with Crippen LogP contribution in [-0.4, -0.2) is 33.5 Å². The summed E-state index contributed by atoms with van der Waals surface area (Å²) in [5, 5.41) is 9.43. The second-order valence-corrected chi connectivity index (χ2v) is 5.48. The minimum Gasteiger partial charge on any atom is -0.478 e. The Hall–Kier alpha value is -2.97. The Bertz CT molecular complexity index is 820. The van der Waals surface area contributed by atoms with Crippen molar-refractivity contribution in [1.29, 1.82) is 0 Å². The van der Waals surface area contributed by atoms with E-state index >= 15 is 0 Å². The highest BCUT2D eigenvalue weighted by molar-refractivity contribution is 6.09. The normalized spacial score (nSPS) is 11.3. The Morgan fingerprint density at radius 3 is 2.38 bits per heavy atom. The van der Waals surface area contributed by atoms with E-state index < -0.39 is 23.7 Å². The van der Waals surface area contributed by atoms with Gasteiger partial charge in [0.25, 0.3) is 5.91 Å². The standard InChI is InChI=1S/C17H16F3N3O3/c1-3-8-23(12-6-7-21-10(2)14(12)16(25)26)15(24)11-4-5-13(22-9-11)17(18,19)20/h4-7,9H,3,8H2,1-2H3,(H,25,26). The summed E-state index contributed by atoms with van der Waals surface area (Å²) in [5.74, 6) is -1.88. The third-order valence-corrected chi connectivity index (χ3v) is 3.62. The first-order valence-electron chi connectivity index (χ1n) is 7.70. The number of hydrogen-bond acceptors (Lipinski definition) is 4. The fourth-order valence-electron chi connectivity index (χ4n) is 2.44. The highest BCUT2D eigenvalue weighted by Gasteiger charge is 2.32. The van der Waals surface area contributed by atoms with Crippen molar-refractivity contribution in [3.63, 3.8) is 0 Å². The van der Waals surface area contributed by atoms with Crippen molar-refractivity contribution >= 4 is 17.6 Å². The lowest BCUT2D eigenvalue weighted by molar-refractivity contribution is -0.141. The summed E-state index contributed by atoms with van der Waals surface area (Å²) in [6.07, 6.45) is -1.88. The number of carbonyl (C=O) groups excluding carboxylic acids is 1. The summed E-state index contributed by atoms with van der Waals surface area (Å²) in [7, 11) is 0. The van der Waals surface area contributed by atoms with Crippen LogP contribution in [0.15, 0.2) is 30.6 Å². The van der Waals surface area contributed by atoms with Crippen molar-refractivity contribution in [3.8, 4) is 0 Å². The average molecular weight is 367 g/mol. The molecule has 0 aliphatic heterocycles. The van der Waals surface area contributed by atoms with Crippen molar-refractivity contribution in [2.45, 2.75) is 26.4 Å². The molecular formula is C17H16F3N3O3. The predicted molar refractivity (Wildman–Crippen MR) is 87.1 cm³/mol. The van der Waals surface area contributed by atoms with E-state index in [0.29, 0.717) is 12.5 Å². The van der Waals surface area contributed by atoms with Crippen LogP contribution in [0.2, 0.25) is 0 Å². The minimum absolute atomic E-state index is 0.0720. The molecule has 1 N–H and O–H groups in total. The molecule has 0 radical (unpaired) electrons. The maximum absolute atomic E-state index is 12.8. The van der Waals surface area contributed by atoms with Gasteiger partial charge < -0.3 is 10.0 Å². The molecule has 2 aromatic rings. The second-order valence-electron chi connectivity index (χ2n) is 5.48. The van der Waals surface area contributed by atoms with Gasteiger partial charge in [0, 0.05) is 18.9 Å². The topological polar surface area (TPSA) is 83.4 Å². The van der Waals surface area contributed by atoms with Crippen LogP contribution in [0.5, 0.6) is 0 Å². The molecule has 0 unspecified atom stereocenters. The smallest absolute Gasteiger partial charge is 0.433 e. The number of hydrogen-bond donors (Lipinski definition) is 1. The largest absolute Gasteiger partial charge is 0.478 e. The number of halogens is 3. The first-order chi connectivity index (χ1) is 12.2. The SMILES string of the molecule is CCCN(C(=O)c1ccc(C(F)(F)F)nc1)c1ccnc(C)c1C(=O)O. The molecule has 1 amide bonds. The molecule has 0 fully saturated rings. The molecule has 0 aliphatic rings. The zero-order valence-corrected chi connectivity index (χ0v) is 14.0. The van der Waals surface area contributed by atoms with E-state index in [0.717, 1.165) is 12.3 Å². The third kappa shape index (κ3) is 3.98. The maximum Gasteiger partial charge on any atom is 0.433 e. The molecular weight excluding hydrogens is 351 g/mol. The minimum atomic E-state index is -4.61. The molecule has 2 heterocycles. The first kappa shape index (κ1) is 19.4. The van der Waals surface area contributed by atoms with Crippen LogP contribution < -0.4 is 4.90 Å². The van der Waals surface area contributed by atoms with Crippen LogP contribution >= 0.6 is 0 Å². The number of aromatic nitrogens is 2. The van der Waals surface area contributed by atoms with Crippen molar-refractivity contribution in [2.24, 2.45) is 0 Å². The quantitative estimate of drug-likeness (QED) is 0.874. The van der Waals surface area contributed by atoms with Crippen LogP contribution in [0.4, 0.5) is 18.9 Å². The highest BCUT2D eigenvalue weighted by atomic mass is 19.4. The van der Waals surface area contributed by atoms with Crippen molar-refractivity contribution in [3.05, 3.63) is 53.1 Å². The zero-order valence-electron chi connectivity index (χ0n) is 14.0. The van der Waals surface area contributed by atoms with E-state index in [9.17, 15) is 27.9 Å². The number of anilines is 1. The van der Waals surface area contributed by atoms with Crippen LogP contribution in [0.3, 0.4) is 0 Å². The molecule has 6 nitrogen and oxygen atoms in total. The lowest BCUT2D eigenvalue weighted by Crippen LogP contribution is -2.33. The van der Waals surface area contributed by atoms with Crippen LogP contribution in [0.25, 0.3) is 0 Å². The number of amides is 1. The number of carbonyl (C=O) groups is 2. The van der Waals surface area contributed by atoms with Gasteiger partial charge in [0.05, 0.1) is 16.9 Å². The Morgan fingerprint density at radius 2 is 1.88 bits per heavy atom. The Morgan fingerprint density at radius 1 is 1.19 bits per heavy atom. The van der Waals surface area contributed by atoms with Crippen LogP contribution in [-0.2, 0) is 6.18 Å². The Labute approximate surface area is 147 Å². The van der Waals surface area contributed by atoms with E-state index in [2.05, 4.69) is 9.97 Å². The number of pyridine rings is 2. The average Bonchev–Trinajstić information content (AvgIpc) is 2.58. The monoisotopic (exact) mass is 367 g/mol. The Kier molecular flexibility index (Phi) is 5.59. The van der Waals surface area contributed by atoms with Crippen molar-refractivity contribution < 1.29 is 27.9 Å². The number of alkyl halides is 3. The highest BCUT2D eigenvalue weighted by Crippen LogP contribution is 2.28. The number of carboxylic acid groups (broad SMARTS) is 1. The number of aromatic carboxylic acids is 1. The van der Waals surface area contributed by atoms with Gasteiger partial charge in [-0.2, -0.15) is 13.2 Å². The first-order valence-corrected chi connectivity index (χ1v) is 7.70. The number of nitrogens with zero attached hydrogens (tertiary/aromatic N) is 3. The molecule has 0 aromatic carbocycles. The van der Waals surface area contributed by atoms with Gasteiger partial charge in [0.1, 0.15) is 11.3 Å². The zero-order chi connectivity index (χ0) is 19.5. The Balaban J connectivity index is 2.47. The molecule has 138 valence electrons. The summed E-state index contributed by atoms with van der Waals surface area (Å²) >= 11 is 0. The van der Waals surface area contributed by atoms with Crippen molar-refractivity contribution in [1.82, 2.24) is 9.97 Å². The molecule has 0 spiro atoms. The predicted octanol–water partition coefficient (Wildman–Crippen LogP) is 3.56. The molecule has 0 atom stereocenters. The van der Waals surface area contributed by atoms with Crippen molar-refractivity contribution in [2.75, 3.05) is 11.4 Å². The molecule has 2 rings (SSSR count). The number of carboxylic acids is 1. The fourth-order valence-corrected chi connectivity index (χ4v) is 2.44. The molecule has 9 heteroatoms. The number of aryl methyl sites for hydroxylation is 1. The molecule has 0 bridgehead atoms. The fraction of sp³-hybridized carbons (Fsp3) is 0.294. The van der Waals surface area contributed by atoms with Gasteiger partial charge in [-0.3, -0.25) is 14.8 Å². The van der Waals surface area contributed by atoms with Gasteiger partial charge >= 0.3 is 12.1 Å². The van der Waals surface area contributed by atoms with Gasteiger partial charge in [0.15, 0.2) is 0 Å². The van der Waals surface area contributed by atoms with Crippen LogP contribution in [0, 0.1) is 6.92 Å². The van der Waals surface area contributed by atoms with Gasteiger partial charge in [-0.15, -0.1) is 0 Å². The van der Waals surface area contributed by atoms with E-state index in [-0.39, 0.29) is 29.1 Å². The summed E-state index contributed by atoms with van der Waals surface area (Å²) in [5.41, 5.74) is -0.945. The van der Waals surface area contributed by atoms with E-state index in [1.54, 1.807) is 6.92 Å². The second kappa shape index (κ2) is 7.51. The van der Waals surface area contributed by atoms with Crippen LogP contribution in [0.1, 0.15) is 45.4 Å². The van der Waals surface area contributed by atoms with Gasteiger partial charge in [0.2, 0.25) is 0 Å². The van der Waals surface area contributed by atoms with E-state index in [1.807, 2.05) is 0 Å². The summed E-state index contributed by atoms with van der Waals surface area (Å²) < 4.78 is 37.9. The third-order valence-electron chi connectivity index (χ3n) is 3.62. The lowest BCUT2D eigenvalue weighted by atomic mass is 10.1. The molecule has 0 saturated carbocycles. The summed E-state index contributed by atoms with van der Waals surface area (Å²) in [6, 6.07) is 3.13. The molecule has 0 aliphatic carbocycles. The maximum atomic E-state index is 12.8. The lowest BCUT2D eigenvalue weighted by Gasteiger charge is -2.24. The summed E-state index contributed by atoms with van der Waals surface area (Å²) in [4.78, 5) is 32.7. The van der Waals surface area contributed by atoms with Gasteiger partial charge in [-0.1, -0.05) is 6.92 Å². The van der Waals surface area contributed by atoms with E-state index in [1.165, 1.54) is 24.1 Å². The van der Waals surface area contributed by atoms with Gasteiger partial charge in [-0.05, 0) is 31.5 Å². The summed E-state index contributed by atoms with van der Waals surface area (Å²) in [6.45, 7) is 3.48. The molecule has 2 aromatic heterocycles. The number of rotatable bonds is 5. The molecule has 26 heavy (non-hydrogen) atoms. The van der Waals surface area contributed by atoms with Gasteiger partial charge in [-0.25, -0.2) is 4.79 Å².